The minimum absolute atomic E-state index is 0.199. The van der Waals surface area contributed by atoms with Crippen LogP contribution in [0.3, 0.4) is 0 Å². The van der Waals surface area contributed by atoms with Crippen molar-refractivity contribution < 1.29 is 4.39 Å². The molecule has 0 atom stereocenters. The van der Waals surface area contributed by atoms with E-state index in [1.807, 2.05) is 0 Å². The predicted octanol–water partition coefficient (Wildman–Crippen LogP) is 7.73. The van der Waals surface area contributed by atoms with Gasteiger partial charge in [-0.25, -0.2) is 0 Å². The molecule has 0 aromatic carbocycles. The van der Waals surface area contributed by atoms with E-state index in [9.17, 15) is 4.39 Å². The molecule has 3 saturated carbocycles. The zero-order chi connectivity index (χ0) is 17.5. The van der Waals surface area contributed by atoms with Crippen molar-refractivity contribution in [1.29, 1.82) is 0 Å². The minimum Gasteiger partial charge on any atom is -0.251 e. The molecule has 0 heterocycles. The van der Waals surface area contributed by atoms with E-state index in [0.29, 0.717) is 6.42 Å². The van der Waals surface area contributed by atoms with Crippen LogP contribution >= 0.6 is 0 Å². The molecule has 25 heavy (non-hydrogen) atoms. The lowest BCUT2D eigenvalue weighted by molar-refractivity contribution is 0.108. The summed E-state index contributed by atoms with van der Waals surface area (Å²) in [5.41, 5.74) is 0. The summed E-state index contributed by atoms with van der Waals surface area (Å²) < 4.78 is 12.2. The van der Waals surface area contributed by atoms with Crippen LogP contribution in [0.1, 0.15) is 96.8 Å². The van der Waals surface area contributed by atoms with Gasteiger partial charge >= 0.3 is 0 Å². The second-order valence-corrected chi connectivity index (χ2v) is 9.44. The van der Waals surface area contributed by atoms with E-state index in [0.717, 1.165) is 35.5 Å². The Morgan fingerprint density at radius 3 is 1.56 bits per heavy atom. The summed E-state index contributed by atoms with van der Waals surface area (Å²) in [4.78, 5) is 0. The second kappa shape index (κ2) is 10.1. The van der Waals surface area contributed by atoms with Crippen LogP contribution in [0.25, 0.3) is 0 Å². The monoisotopic (exact) mass is 348 g/mol. The number of hydrogen-bond donors (Lipinski definition) is 0. The summed E-state index contributed by atoms with van der Waals surface area (Å²) in [6.07, 6.45) is 24.2. The zero-order valence-corrected chi connectivity index (χ0v) is 16.6. The Kier molecular flexibility index (Phi) is 7.87. The second-order valence-electron chi connectivity index (χ2n) is 9.44. The molecule has 0 aromatic heterocycles. The maximum absolute atomic E-state index is 12.2. The van der Waals surface area contributed by atoms with Gasteiger partial charge in [0.25, 0.3) is 0 Å². The van der Waals surface area contributed by atoms with Gasteiger partial charge in [-0.3, -0.25) is 4.39 Å². The molecule has 1 heteroatoms. The van der Waals surface area contributed by atoms with Gasteiger partial charge in [0.15, 0.2) is 0 Å². The van der Waals surface area contributed by atoms with E-state index in [2.05, 4.69) is 19.1 Å². The number of halogens is 1. The molecule has 0 N–H and O–H groups in total. The lowest BCUT2D eigenvalue weighted by Crippen LogP contribution is -2.29. The molecular formula is C24H41F. The van der Waals surface area contributed by atoms with Gasteiger partial charge in [-0.15, -0.1) is 0 Å². The summed E-state index contributed by atoms with van der Waals surface area (Å²) in [5.74, 6) is 5.95. The quantitative estimate of drug-likeness (QED) is 0.431. The van der Waals surface area contributed by atoms with Crippen molar-refractivity contribution in [3.05, 3.63) is 12.2 Å². The van der Waals surface area contributed by atoms with Crippen LogP contribution in [-0.4, -0.2) is 6.67 Å². The third-order valence-electron chi connectivity index (χ3n) is 8.12. The highest BCUT2D eigenvalue weighted by molar-refractivity contribution is 4.93. The van der Waals surface area contributed by atoms with E-state index in [-0.39, 0.29) is 6.67 Å². The molecule has 3 fully saturated rings. The Bertz CT molecular complexity index is 377. The van der Waals surface area contributed by atoms with Crippen molar-refractivity contribution in [3.8, 4) is 0 Å². The van der Waals surface area contributed by atoms with Crippen LogP contribution in [0, 0.1) is 35.5 Å². The fourth-order valence-electron chi connectivity index (χ4n) is 6.32. The lowest BCUT2D eigenvalue weighted by Gasteiger charge is -2.41. The molecule has 3 aliphatic carbocycles. The van der Waals surface area contributed by atoms with Crippen molar-refractivity contribution in [3.63, 3.8) is 0 Å². The Balaban J connectivity index is 1.36. The fourth-order valence-corrected chi connectivity index (χ4v) is 6.32. The highest BCUT2D eigenvalue weighted by Gasteiger charge is 2.34. The van der Waals surface area contributed by atoms with E-state index >= 15 is 0 Å². The third-order valence-corrected chi connectivity index (χ3v) is 8.12. The van der Waals surface area contributed by atoms with Crippen molar-refractivity contribution in [2.24, 2.45) is 35.5 Å². The van der Waals surface area contributed by atoms with Crippen LogP contribution in [0.5, 0.6) is 0 Å². The topological polar surface area (TPSA) is 0 Å². The first-order valence-electron chi connectivity index (χ1n) is 11.5. The molecule has 0 aliphatic heterocycles. The lowest BCUT2D eigenvalue weighted by atomic mass is 9.65. The van der Waals surface area contributed by atoms with Gasteiger partial charge in [-0.2, -0.15) is 0 Å². The highest BCUT2D eigenvalue weighted by Crippen LogP contribution is 2.46. The Morgan fingerprint density at radius 1 is 0.680 bits per heavy atom. The van der Waals surface area contributed by atoms with Crippen LogP contribution in [0.2, 0.25) is 0 Å². The normalized spacial score (nSPS) is 40.4. The largest absolute Gasteiger partial charge is 0.251 e. The van der Waals surface area contributed by atoms with Crippen molar-refractivity contribution in [2.75, 3.05) is 6.67 Å². The molecule has 3 aliphatic rings. The maximum atomic E-state index is 12.2. The average molecular weight is 349 g/mol. The van der Waals surface area contributed by atoms with Crippen molar-refractivity contribution in [2.45, 2.75) is 96.8 Å². The third kappa shape index (κ3) is 5.57. The molecule has 0 amide bonds. The minimum atomic E-state index is -0.199. The summed E-state index contributed by atoms with van der Waals surface area (Å²) in [5, 5.41) is 0. The summed E-state index contributed by atoms with van der Waals surface area (Å²) >= 11 is 0. The van der Waals surface area contributed by atoms with Gasteiger partial charge < -0.3 is 0 Å². The van der Waals surface area contributed by atoms with Crippen LogP contribution in [0.15, 0.2) is 12.2 Å². The van der Waals surface area contributed by atoms with Gasteiger partial charge in [-0.05, 0) is 106 Å². The molecule has 0 aromatic rings. The van der Waals surface area contributed by atoms with Crippen LogP contribution in [0.4, 0.5) is 4.39 Å². The predicted molar refractivity (Wildman–Crippen MR) is 106 cm³/mol. The smallest absolute Gasteiger partial charge is 0.0928 e. The Labute approximate surface area is 156 Å². The highest BCUT2D eigenvalue weighted by atomic mass is 19.1. The molecule has 0 nitrogen and oxygen atoms in total. The zero-order valence-electron chi connectivity index (χ0n) is 16.6. The van der Waals surface area contributed by atoms with E-state index < -0.39 is 0 Å². The molecule has 0 spiro atoms. The first-order chi connectivity index (χ1) is 12.3. The first kappa shape index (κ1) is 19.4. The molecule has 144 valence electrons. The van der Waals surface area contributed by atoms with Gasteiger partial charge in [0.2, 0.25) is 0 Å². The van der Waals surface area contributed by atoms with Gasteiger partial charge in [0.05, 0.1) is 6.67 Å². The first-order valence-corrected chi connectivity index (χ1v) is 11.5. The number of hydrogen-bond acceptors (Lipinski definition) is 0. The van der Waals surface area contributed by atoms with Gasteiger partial charge in [0.1, 0.15) is 0 Å². The fraction of sp³-hybridized carbons (Fsp3) is 0.917. The number of allylic oxidation sites excluding steroid dienone is 2. The van der Waals surface area contributed by atoms with Gasteiger partial charge in [0, 0.05) is 0 Å². The summed E-state index contributed by atoms with van der Waals surface area (Å²) in [6.45, 7) is 2.18. The molecule has 0 saturated heterocycles. The van der Waals surface area contributed by atoms with Crippen LogP contribution in [-0.2, 0) is 0 Å². The number of rotatable bonds is 6. The Morgan fingerprint density at radius 2 is 1.12 bits per heavy atom. The van der Waals surface area contributed by atoms with E-state index in [4.69, 9.17) is 0 Å². The molecule has 0 unspecified atom stereocenters. The molecule has 0 radical (unpaired) electrons. The van der Waals surface area contributed by atoms with Crippen molar-refractivity contribution >= 4 is 0 Å². The standard InChI is InChI=1S/C24H41F/c1-2-19-6-10-21(11-7-19)23-14-16-24(17-15-23)22-12-8-20(9-13-22)5-3-4-18-25/h3,5,19-24H,2,4,6-18H2,1H3/b5-3+/t19-,20-,21-,22-,23?,24?. The SMILES string of the molecule is CC[C@H]1CC[C@H](C2CCC([C@H]3CC[C@H](/C=C/CCF)CC3)CC2)CC1. The molecular weight excluding hydrogens is 307 g/mol. The Hall–Kier alpha value is -0.330. The molecule has 0 bridgehead atoms. The van der Waals surface area contributed by atoms with Gasteiger partial charge in [-0.1, -0.05) is 38.3 Å². The summed E-state index contributed by atoms with van der Waals surface area (Å²) in [7, 11) is 0. The van der Waals surface area contributed by atoms with Crippen LogP contribution < -0.4 is 0 Å². The molecule has 3 rings (SSSR count). The van der Waals surface area contributed by atoms with E-state index in [1.165, 1.54) is 83.5 Å². The summed E-state index contributed by atoms with van der Waals surface area (Å²) in [6, 6.07) is 0. The average Bonchev–Trinajstić information content (AvgIpc) is 2.69. The van der Waals surface area contributed by atoms with E-state index in [1.54, 1.807) is 0 Å². The maximum Gasteiger partial charge on any atom is 0.0928 e. The number of alkyl halides is 1. The van der Waals surface area contributed by atoms with Crippen molar-refractivity contribution in [1.82, 2.24) is 0 Å².